The van der Waals surface area contributed by atoms with Gasteiger partial charge in [-0.25, -0.2) is 9.52 Å². The molecule has 1 fully saturated rings. The Balaban J connectivity index is 1.39. The minimum atomic E-state index is -4.16. The molecule has 1 aliphatic heterocycles. The number of ether oxygens (including phenoxy) is 2. The fourth-order valence-corrected chi connectivity index (χ4v) is 6.19. The first-order valence-electron chi connectivity index (χ1n) is 11.0. The minimum Gasteiger partial charge on any atom is -0.378 e. The van der Waals surface area contributed by atoms with E-state index in [9.17, 15) is 13.2 Å². The highest BCUT2D eigenvalue weighted by atomic mass is 32.2. The van der Waals surface area contributed by atoms with Crippen LogP contribution in [0.1, 0.15) is 47.2 Å². The van der Waals surface area contributed by atoms with E-state index in [-0.39, 0.29) is 5.03 Å². The van der Waals surface area contributed by atoms with Crippen LogP contribution in [0.5, 0.6) is 0 Å². The Hall–Kier alpha value is -2.43. The van der Waals surface area contributed by atoms with Crippen molar-refractivity contribution < 1.29 is 22.7 Å². The van der Waals surface area contributed by atoms with Crippen molar-refractivity contribution >= 4 is 21.7 Å². The summed E-state index contributed by atoms with van der Waals surface area (Å²) in [5, 5.41) is 6.78. The lowest BCUT2D eigenvalue weighted by molar-refractivity contribution is -0.0272. The number of hydrogen-bond acceptors (Lipinski definition) is 6. The molecule has 32 heavy (non-hydrogen) atoms. The molecular weight excluding hydrogens is 432 g/mol. The van der Waals surface area contributed by atoms with Gasteiger partial charge in [-0.2, -0.15) is 13.5 Å². The Morgan fingerprint density at radius 1 is 1.16 bits per heavy atom. The van der Waals surface area contributed by atoms with Crippen molar-refractivity contribution in [3.05, 3.63) is 40.1 Å². The molecule has 1 unspecified atom stereocenters. The highest BCUT2D eigenvalue weighted by Crippen LogP contribution is 2.39. The summed E-state index contributed by atoms with van der Waals surface area (Å²) in [6.07, 6.45) is 6.49. The van der Waals surface area contributed by atoms with E-state index in [1.165, 1.54) is 21.9 Å². The predicted octanol–water partition coefficient (Wildman–Crippen LogP) is 2.17. The molecule has 1 aromatic carbocycles. The smallest absolute Gasteiger partial charge is 0.333 e. The first-order chi connectivity index (χ1) is 15.3. The summed E-state index contributed by atoms with van der Waals surface area (Å²) in [6.45, 7) is 0.841. The zero-order chi connectivity index (χ0) is 22.5. The summed E-state index contributed by atoms with van der Waals surface area (Å²) in [7, 11) is -0.940. The molecule has 2 aliphatic carbocycles. The van der Waals surface area contributed by atoms with Crippen molar-refractivity contribution in [2.24, 2.45) is 7.05 Å². The van der Waals surface area contributed by atoms with E-state index < -0.39 is 21.7 Å². The summed E-state index contributed by atoms with van der Waals surface area (Å²) in [6, 6.07) is 2.95. The molecule has 2 heterocycles. The molecule has 2 amide bonds. The number of amides is 2. The summed E-state index contributed by atoms with van der Waals surface area (Å²) in [4.78, 5) is 12.8. The van der Waals surface area contributed by atoms with Crippen LogP contribution in [-0.2, 0) is 57.8 Å². The van der Waals surface area contributed by atoms with Gasteiger partial charge in [-0.3, -0.25) is 4.68 Å². The average Bonchev–Trinajstić information content (AvgIpc) is 3.53. The van der Waals surface area contributed by atoms with Gasteiger partial charge in [-0.1, -0.05) is 6.07 Å². The molecule has 0 bridgehead atoms. The molecule has 0 radical (unpaired) electrons. The van der Waals surface area contributed by atoms with E-state index in [0.29, 0.717) is 25.3 Å². The third kappa shape index (κ3) is 3.50. The molecule has 10 heteroatoms. The van der Waals surface area contributed by atoms with Crippen molar-refractivity contribution in [2.45, 2.75) is 55.6 Å². The van der Waals surface area contributed by atoms with E-state index >= 15 is 0 Å². The van der Waals surface area contributed by atoms with Gasteiger partial charge >= 0.3 is 6.03 Å². The number of aromatic nitrogens is 2. The topological polar surface area (TPSA) is 112 Å². The second-order valence-electron chi connectivity index (χ2n) is 8.79. The number of methoxy groups -OCH3 is 1. The number of sulfonamides is 1. The van der Waals surface area contributed by atoms with E-state index in [2.05, 4.69) is 21.2 Å². The van der Waals surface area contributed by atoms with Crippen molar-refractivity contribution in [2.75, 3.05) is 25.6 Å². The van der Waals surface area contributed by atoms with Crippen LogP contribution in [0.4, 0.5) is 10.5 Å². The largest absolute Gasteiger partial charge is 0.378 e. The van der Waals surface area contributed by atoms with Gasteiger partial charge in [0.25, 0.3) is 10.0 Å². The van der Waals surface area contributed by atoms with Crippen molar-refractivity contribution in [3.63, 3.8) is 0 Å². The van der Waals surface area contributed by atoms with Crippen LogP contribution in [0, 0.1) is 0 Å². The molecular formula is C22H28N4O5S. The van der Waals surface area contributed by atoms with E-state index in [1.807, 2.05) is 0 Å². The molecule has 0 spiro atoms. The molecule has 9 nitrogen and oxygen atoms in total. The fourth-order valence-electron chi connectivity index (χ4n) is 5.29. The number of nitrogens with zero attached hydrogens (tertiary/aromatic N) is 2. The van der Waals surface area contributed by atoms with Crippen LogP contribution in [0.15, 0.2) is 17.2 Å². The standard InChI is InChI=1S/C22H28N4O5S/c1-26-18(22(30-2)9-10-31-13-22)12-19(24-26)32(28,29)25-21(27)23-20-16-7-3-5-14(16)11-15-6-4-8-17(15)20/h11-12H,3-10,13H2,1-2H3,(H2,23,25,27). The predicted molar refractivity (Wildman–Crippen MR) is 117 cm³/mol. The number of urea groups is 1. The minimum absolute atomic E-state index is 0.225. The maximum absolute atomic E-state index is 13.0. The number of anilines is 1. The van der Waals surface area contributed by atoms with Crippen molar-refractivity contribution in [1.82, 2.24) is 14.5 Å². The maximum atomic E-state index is 13.0. The number of fused-ring (bicyclic) bond motifs is 2. The number of hydrogen-bond donors (Lipinski definition) is 2. The molecule has 1 atom stereocenters. The molecule has 1 saturated heterocycles. The van der Waals surface area contributed by atoms with Crippen LogP contribution in [-0.4, -0.2) is 44.6 Å². The van der Waals surface area contributed by atoms with Crippen molar-refractivity contribution in [1.29, 1.82) is 0 Å². The third-order valence-corrected chi connectivity index (χ3v) is 8.12. The lowest BCUT2D eigenvalue weighted by Gasteiger charge is -2.25. The van der Waals surface area contributed by atoms with E-state index in [1.54, 1.807) is 14.2 Å². The number of aryl methyl sites for hydroxylation is 3. The monoisotopic (exact) mass is 460 g/mol. The zero-order valence-corrected chi connectivity index (χ0v) is 19.2. The van der Waals surface area contributed by atoms with Gasteiger partial charge in [0.15, 0.2) is 5.03 Å². The van der Waals surface area contributed by atoms with Crippen LogP contribution < -0.4 is 10.0 Å². The zero-order valence-electron chi connectivity index (χ0n) is 18.4. The summed E-state index contributed by atoms with van der Waals surface area (Å²) < 4.78 is 40.6. The average molecular weight is 461 g/mol. The van der Waals surface area contributed by atoms with Gasteiger partial charge in [0.05, 0.1) is 12.3 Å². The van der Waals surface area contributed by atoms with Gasteiger partial charge in [-0.05, 0) is 60.8 Å². The summed E-state index contributed by atoms with van der Waals surface area (Å²) in [5.41, 5.74) is 5.45. The molecule has 5 rings (SSSR count). The highest BCUT2D eigenvalue weighted by molar-refractivity contribution is 7.90. The second kappa shape index (κ2) is 7.86. The van der Waals surface area contributed by atoms with Gasteiger partial charge in [0, 0.05) is 38.9 Å². The Morgan fingerprint density at radius 3 is 2.44 bits per heavy atom. The Bertz CT molecular complexity index is 1150. The summed E-state index contributed by atoms with van der Waals surface area (Å²) >= 11 is 0. The summed E-state index contributed by atoms with van der Waals surface area (Å²) in [5.74, 6) is 0. The van der Waals surface area contributed by atoms with Gasteiger partial charge in [-0.15, -0.1) is 0 Å². The lowest BCUT2D eigenvalue weighted by atomic mass is 9.99. The molecule has 0 saturated carbocycles. The van der Waals surface area contributed by atoms with E-state index in [4.69, 9.17) is 9.47 Å². The number of carbonyl (C=O) groups is 1. The lowest BCUT2D eigenvalue weighted by Crippen LogP contribution is -2.35. The van der Waals surface area contributed by atoms with Gasteiger partial charge in [0.1, 0.15) is 5.60 Å². The Kier molecular flexibility index (Phi) is 5.26. The fraction of sp³-hybridized carbons (Fsp3) is 0.545. The van der Waals surface area contributed by atoms with Gasteiger partial charge in [0.2, 0.25) is 0 Å². The SMILES string of the molecule is COC1(c2cc(S(=O)(=O)NC(=O)Nc3c4c(cc5c3CCC5)CCC4)nn2C)CCOC1. The van der Waals surface area contributed by atoms with E-state index in [0.717, 1.165) is 55.3 Å². The van der Waals surface area contributed by atoms with Crippen LogP contribution in [0.3, 0.4) is 0 Å². The molecule has 2 N–H and O–H groups in total. The molecule has 3 aliphatic rings. The molecule has 172 valence electrons. The van der Waals surface area contributed by atoms with Crippen LogP contribution in [0.25, 0.3) is 0 Å². The number of rotatable bonds is 5. The second-order valence-corrected chi connectivity index (χ2v) is 10.4. The van der Waals surface area contributed by atoms with Crippen LogP contribution in [0.2, 0.25) is 0 Å². The number of carbonyl (C=O) groups excluding carboxylic acids is 1. The first kappa shape index (κ1) is 21.4. The van der Waals surface area contributed by atoms with Crippen LogP contribution >= 0.6 is 0 Å². The number of benzene rings is 1. The quantitative estimate of drug-likeness (QED) is 0.707. The number of nitrogens with one attached hydrogen (secondary N) is 2. The normalized spacial score (nSPS) is 22.1. The third-order valence-electron chi connectivity index (χ3n) is 6.91. The van der Waals surface area contributed by atoms with Gasteiger partial charge < -0.3 is 14.8 Å². The van der Waals surface area contributed by atoms with Crippen molar-refractivity contribution in [3.8, 4) is 0 Å². The Morgan fingerprint density at radius 2 is 1.84 bits per heavy atom. The molecule has 1 aromatic heterocycles. The maximum Gasteiger partial charge on any atom is 0.333 e. The first-order valence-corrected chi connectivity index (χ1v) is 12.5. The molecule has 2 aromatic rings. The Labute approximate surface area is 187 Å². The highest BCUT2D eigenvalue weighted by Gasteiger charge is 2.41.